The molecule has 386 valence electrons. The Bertz CT molecular complexity index is 1720. The van der Waals surface area contributed by atoms with Crippen LogP contribution in [-0.4, -0.2) is 37.2 Å². The predicted molar refractivity (Wildman–Crippen MR) is 301 cm³/mol. The zero-order valence-electron chi connectivity index (χ0n) is 43.9. The number of hydrogen-bond acceptors (Lipinski definition) is 6. The summed E-state index contributed by atoms with van der Waals surface area (Å²) in [7, 11) is 0. The molecule has 0 saturated heterocycles. The molecule has 70 heavy (non-hydrogen) atoms. The molecular formula is C64H94O6. The molecule has 0 saturated carbocycles. The zero-order valence-corrected chi connectivity index (χ0v) is 43.9. The first-order chi connectivity index (χ1) is 34.5. The van der Waals surface area contributed by atoms with Crippen LogP contribution in [-0.2, 0) is 28.6 Å². The lowest BCUT2D eigenvalue weighted by atomic mass is 10.1. The van der Waals surface area contributed by atoms with Crippen molar-refractivity contribution in [3.63, 3.8) is 0 Å². The summed E-state index contributed by atoms with van der Waals surface area (Å²) < 4.78 is 16.7. The molecule has 0 amide bonds. The summed E-state index contributed by atoms with van der Waals surface area (Å²) in [6, 6.07) is 0. The molecule has 0 heterocycles. The van der Waals surface area contributed by atoms with Gasteiger partial charge in [-0.25, -0.2) is 0 Å². The number of esters is 3. The van der Waals surface area contributed by atoms with Gasteiger partial charge in [0.1, 0.15) is 13.2 Å². The van der Waals surface area contributed by atoms with Gasteiger partial charge in [-0.05, 0) is 109 Å². The van der Waals surface area contributed by atoms with Gasteiger partial charge in [0, 0.05) is 19.3 Å². The van der Waals surface area contributed by atoms with Gasteiger partial charge in [0.2, 0.25) is 0 Å². The first-order valence-corrected chi connectivity index (χ1v) is 26.9. The molecule has 0 radical (unpaired) electrons. The summed E-state index contributed by atoms with van der Waals surface area (Å²) in [5, 5.41) is 0. The maximum Gasteiger partial charge on any atom is 0.306 e. The van der Waals surface area contributed by atoms with Crippen LogP contribution < -0.4 is 0 Å². The highest BCUT2D eigenvalue weighted by molar-refractivity contribution is 5.71. The van der Waals surface area contributed by atoms with E-state index in [1.54, 1.807) is 0 Å². The highest BCUT2D eigenvalue weighted by Gasteiger charge is 2.19. The quantitative estimate of drug-likeness (QED) is 0.0199. The van der Waals surface area contributed by atoms with Gasteiger partial charge in [-0.2, -0.15) is 0 Å². The van der Waals surface area contributed by atoms with Crippen LogP contribution in [0.1, 0.15) is 181 Å². The van der Waals surface area contributed by atoms with Crippen molar-refractivity contribution in [2.24, 2.45) is 0 Å². The molecule has 0 bridgehead atoms. The Balaban J connectivity index is 4.67. The Hall–Kier alpha value is -5.49. The van der Waals surface area contributed by atoms with Crippen molar-refractivity contribution in [3.8, 4) is 0 Å². The third kappa shape index (κ3) is 53.5. The van der Waals surface area contributed by atoms with Crippen LogP contribution in [0.5, 0.6) is 0 Å². The molecular weight excluding hydrogens is 865 g/mol. The van der Waals surface area contributed by atoms with E-state index in [4.69, 9.17) is 14.2 Å². The molecule has 6 nitrogen and oxygen atoms in total. The largest absolute Gasteiger partial charge is 0.462 e. The summed E-state index contributed by atoms with van der Waals surface area (Å²) in [5.74, 6) is -1.10. The lowest BCUT2D eigenvalue weighted by Crippen LogP contribution is -2.30. The van der Waals surface area contributed by atoms with Crippen molar-refractivity contribution >= 4 is 17.9 Å². The van der Waals surface area contributed by atoms with E-state index in [9.17, 15) is 14.4 Å². The minimum absolute atomic E-state index is 0.137. The van der Waals surface area contributed by atoms with Gasteiger partial charge < -0.3 is 14.2 Å². The Morgan fingerprint density at radius 3 is 1.07 bits per heavy atom. The Kier molecular flexibility index (Phi) is 51.7. The van der Waals surface area contributed by atoms with E-state index in [-0.39, 0.29) is 44.0 Å². The Morgan fingerprint density at radius 2 is 0.614 bits per heavy atom. The maximum absolute atomic E-state index is 12.8. The van der Waals surface area contributed by atoms with Gasteiger partial charge >= 0.3 is 17.9 Å². The molecule has 0 spiro atoms. The van der Waals surface area contributed by atoms with E-state index in [2.05, 4.69) is 130 Å². The first kappa shape index (κ1) is 64.5. The molecule has 1 unspecified atom stereocenters. The van der Waals surface area contributed by atoms with Gasteiger partial charge in [-0.1, -0.05) is 235 Å². The fraction of sp³-hybridized carbons (Fsp3) is 0.484. The van der Waals surface area contributed by atoms with E-state index in [1.807, 2.05) is 72.9 Å². The highest BCUT2D eigenvalue weighted by atomic mass is 16.6. The van der Waals surface area contributed by atoms with Crippen LogP contribution in [0.4, 0.5) is 0 Å². The Morgan fingerprint density at radius 1 is 0.300 bits per heavy atom. The Labute approximate surface area is 427 Å². The molecule has 0 aliphatic heterocycles. The molecule has 0 N–H and O–H groups in total. The van der Waals surface area contributed by atoms with Crippen molar-refractivity contribution in [2.75, 3.05) is 13.2 Å². The van der Waals surface area contributed by atoms with Gasteiger partial charge in [0.25, 0.3) is 0 Å². The predicted octanol–water partition coefficient (Wildman–Crippen LogP) is 18.1. The van der Waals surface area contributed by atoms with E-state index >= 15 is 0 Å². The minimum atomic E-state index is -0.849. The molecule has 0 aliphatic rings. The molecule has 0 aromatic rings. The van der Waals surface area contributed by atoms with Crippen molar-refractivity contribution in [1.82, 2.24) is 0 Å². The molecule has 1 atom stereocenters. The summed E-state index contributed by atoms with van der Waals surface area (Å²) in [6.45, 7) is 6.12. The molecule has 0 fully saturated rings. The molecule has 0 aromatic heterocycles. The second kappa shape index (κ2) is 56.1. The summed E-state index contributed by atoms with van der Waals surface area (Å²) >= 11 is 0. The number of unbranched alkanes of at least 4 members (excludes halogenated alkanes) is 9. The van der Waals surface area contributed by atoms with Crippen molar-refractivity contribution in [3.05, 3.63) is 182 Å². The first-order valence-electron chi connectivity index (χ1n) is 26.9. The standard InChI is InChI=1S/C64H94O6/c1-4-7-10-13-16-19-22-25-28-31-32-34-36-39-42-45-48-51-54-57-63(66)69-60-61(59-68-62(65)56-53-50-47-44-41-38-35-30-27-24-21-18-15-12-9-6-3)70-64(67)58-55-52-49-46-43-40-37-33-29-26-23-20-17-14-11-8-5-2/h7-12,14,16-21,23,25-30,32-34,37,39-40,42-43,48,51,61H,4-6,13,15,22,24,31,35-36,38,41,44-47,49-50,52-60H2,1-3H3/b10-7-,11-8-,12-9-,17-14-,19-16-,21-18-,23-20-,28-25-,29-26-,30-27-,34-32-,37-33+,42-39-,43-40-,51-48-. The van der Waals surface area contributed by atoms with E-state index in [0.717, 1.165) is 116 Å². The second-order valence-electron chi connectivity index (χ2n) is 16.8. The SMILES string of the molecule is CC\C=C/C=C\C=C/C=C\C=C\C=C/CCCCCC(=O)OC(COC(=O)CC/C=C\C/C=C\C/C=C\C/C=C\C/C=C\C/C=C\CC)COC(=O)CCCCCCCC/C=C\C/C=C\C/C=C\CC. The highest BCUT2D eigenvalue weighted by Crippen LogP contribution is 2.12. The van der Waals surface area contributed by atoms with Crippen molar-refractivity contribution < 1.29 is 28.6 Å². The van der Waals surface area contributed by atoms with Crippen LogP contribution in [0.2, 0.25) is 0 Å². The monoisotopic (exact) mass is 959 g/mol. The number of rotatable bonds is 45. The number of carbonyl (C=O) groups excluding carboxylic acids is 3. The van der Waals surface area contributed by atoms with Crippen LogP contribution >= 0.6 is 0 Å². The number of allylic oxidation sites excluding steroid dienone is 30. The lowest BCUT2D eigenvalue weighted by molar-refractivity contribution is -0.166. The average molecular weight is 959 g/mol. The molecule has 0 aromatic carbocycles. The third-order valence-corrected chi connectivity index (χ3v) is 10.3. The molecule has 6 heteroatoms. The van der Waals surface area contributed by atoms with Gasteiger partial charge in [0.05, 0.1) is 0 Å². The van der Waals surface area contributed by atoms with E-state index < -0.39 is 6.10 Å². The molecule has 0 aliphatic carbocycles. The topological polar surface area (TPSA) is 78.9 Å². The van der Waals surface area contributed by atoms with Gasteiger partial charge in [0.15, 0.2) is 6.10 Å². The van der Waals surface area contributed by atoms with E-state index in [0.29, 0.717) is 19.3 Å². The van der Waals surface area contributed by atoms with Crippen LogP contribution in [0.25, 0.3) is 0 Å². The molecule has 0 rings (SSSR count). The number of hydrogen-bond donors (Lipinski definition) is 0. The zero-order chi connectivity index (χ0) is 50.7. The average Bonchev–Trinajstić information content (AvgIpc) is 3.36. The summed E-state index contributed by atoms with van der Waals surface area (Å²) in [5.41, 5.74) is 0. The van der Waals surface area contributed by atoms with Gasteiger partial charge in [-0.15, -0.1) is 0 Å². The third-order valence-electron chi connectivity index (χ3n) is 10.3. The normalized spacial score (nSPS) is 13.6. The van der Waals surface area contributed by atoms with E-state index in [1.165, 1.54) is 12.8 Å². The summed E-state index contributed by atoms with van der Waals surface area (Å²) in [6.07, 6.45) is 84.5. The van der Waals surface area contributed by atoms with Crippen molar-refractivity contribution in [2.45, 2.75) is 187 Å². The van der Waals surface area contributed by atoms with Crippen molar-refractivity contribution in [1.29, 1.82) is 0 Å². The number of ether oxygens (including phenoxy) is 3. The minimum Gasteiger partial charge on any atom is -0.462 e. The fourth-order valence-electron chi connectivity index (χ4n) is 6.39. The van der Waals surface area contributed by atoms with Crippen LogP contribution in [0.15, 0.2) is 182 Å². The van der Waals surface area contributed by atoms with Crippen LogP contribution in [0.3, 0.4) is 0 Å². The maximum atomic E-state index is 12.8. The number of carbonyl (C=O) groups is 3. The summed E-state index contributed by atoms with van der Waals surface area (Å²) in [4.78, 5) is 38.1. The second-order valence-corrected chi connectivity index (χ2v) is 16.8. The smallest absolute Gasteiger partial charge is 0.306 e. The fourth-order valence-corrected chi connectivity index (χ4v) is 6.39. The lowest BCUT2D eigenvalue weighted by Gasteiger charge is -2.18. The van der Waals surface area contributed by atoms with Gasteiger partial charge in [-0.3, -0.25) is 14.4 Å². The van der Waals surface area contributed by atoms with Crippen LogP contribution in [0, 0.1) is 0 Å².